The fourth-order valence-electron chi connectivity index (χ4n) is 2.78. The topological polar surface area (TPSA) is 78.9 Å². The van der Waals surface area contributed by atoms with Gasteiger partial charge in [0.25, 0.3) is 0 Å². The Hall–Kier alpha value is -1.91. The van der Waals surface area contributed by atoms with Gasteiger partial charge >= 0.3 is 5.97 Å². The summed E-state index contributed by atoms with van der Waals surface area (Å²) < 4.78 is 0. The van der Waals surface area contributed by atoms with Crippen LogP contribution in [0.3, 0.4) is 0 Å². The molecular formula is C13H15N3O2. The smallest absolute Gasteiger partial charge is 0.307 e. The Morgan fingerprint density at radius 3 is 2.83 bits per heavy atom. The third-order valence-electron chi connectivity index (χ3n) is 3.88. The van der Waals surface area contributed by atoms with Crippen molar-refractivity contribution in [2.45, 2.75) is 26.7 Å². The monoisotopic (exact) mass is 245 g/mol. The number of carboxylic acid groups (broad SMARTS) is 1. The van der Waals surface area contributed by atoms with Crippen LogP contribution in [-0.2, 0) is 4.79 Å². The quantitative estimate of drug-likeness (QED) is 0.849. The average molecular weight is 245 g/mol. The zero-order valence-corrected chi connectivity index (χ0v) is 10.6. The van der Waals surface area contributed by atoms with Crippen molar-refractivity contribution in [2.75, 3.05) is 0 Å². The highest BCUT2D eigenvalue weighted by molar-refractivity contribution is 5.78. The van der Waals surface area contributed by atoms with Crippen LogP contribution in [0.2, 0.25) is 0 Å². The van der Waals surface area contributed by atoms with Gasteiger partial charge < -0.3 is 10.1 Å². The van der Waals surface area contributed by atoms with Crippen molar-refractivity contribution in [3.8, 4) is 0 Å². The summed E-state index contributed by atoms with van der Waals surface area (Å²) in [4.78, 5) is 23.0. The molecule has 1 aliphatic rings. The summed E-state index contributed by atoms with van der Waals surface area (Å²) in [5.41, 5.74) is 2.34. The van der Waals surface area contributed by atoms with Crippen LogP contribution in [0.25, 0.3) is 11.2 Å². The summed E-state index contributed by atoms with van der Waals surface area (Å²) >= 11 is 0. The van der Waals surface area contributed by atoms with E-state index in [0.29, 0.717) is 5.65 Å². The third-order valence-corrected chi connectivity index (χ3v) is 3.88. The second-order valence-corrected chi connectivity index (χ2v) is 5.62. The number of fused-ring (bicyclic) bond motifs is 1. The highest BCUT2D eigenvalue weighted by Gasteiger charge is 2.64. The van der Waals surface area contributed by atoms with Crippen molar-refractivity contribution >= 4 is 17.1 Å². The van der Waals surface area contributed by atoms with Gasteiger partial charge in [0.2, 0.25) is 0 Å². The standard InChI is InChI=1S/C13H15N3O2/c1-6-4-7-10(14-5-6)16-11(15-7)8-9(12(17)18)13(8,2)3/h4-5,8-9H,1-3H3,(H,17,18)(H,14,15,16). The maximum atomic E-state index is 11.2. The molecule has 2 heterocycles. The molecule has 0 bridgehead atoms. The first-order valence-electron chi connectivity index (χ1n) is 5.96. The molecule has 1 saturated carbocycles. The van der Waals surface area contributed by atoms with Crippen LogP contribution in [0.1, 0.15) is 31.2 Å². The largest absolute Gasteiger partial charge is 0.481 e. The molecular weight excluding hydrogens is 230 g/mol. The average Bonchev–Trinajstić information content (AvgIpc) is 2.66. The van der Waals surface area contributed by atoms with Crippen molar-refractivity contribution in [3.05, 3.63) is 23.7 Å². The molecule has 2 aromatic heterocycles. The summed E-state index contributed by atoms with van der Waals surface area (Å²) in [6.07, 6.45) is 1.76. The number of hydrogen-bond donors (Lipinski definition) is 2. The predicted octanol–water partition coefficient (Wildman–Crippen LogP) is 2.09. The van der Waals surface area contributed by atoms with Gasteiger partial charge in [-0.15, -0.1) is 0 Å². The van der Waals surface area contributed by atoms with E-state index in [1.54, 1.807) is 6.20 Å². The number of aromatic nitrogens is 3. The van der Waals surface area contributed by atoms with E-state index in [1.807, 2.05) is 26.8 Å². The Labute approximate surface area is 104 Å². The Kier molecular flexibility index (Phi) is 2.06. The van der Waals surface area contributed by atoms with E-state index in [2.05, 4.69) is 15.0 Å². The van der Waals surface area contributed by atoms with Gasteiger partial charge in [0, 0.05) is 12.1 Å². The van der Waals surface area contributed by atoms with Gasteiger partial charge in [-0.2, -0.15) is 0 Å². The molecule has 1 aliphatic carbocycles. The molecule has 0 amide bonds. The van der Waals surface area contributed by atoms with Crippen molar-refractivity contribution in [2.24, 2.45) is 11.3 Å². The fourth-order valence-corrected chi connectivity index (χ4v) is 2.78. The van der Waals surface area contributed by atoms with Crippen LogP contribution in [0.15, 0.2) is 12.3 Å². The first-order chi connectivity index (χ1) is 8.41. The number of hydrogen-bond acceptors (Lipinski definition) is 3. The molecule has 0 aliphatic heterocycles. The highest BCUT2D eigenvalue weighted by atomic mass is 16.4. The fraction of sp³-hybridized carbons (Fsp3) is 0.462. The molecule has 0 radical (unpaired) electrons. The van der Waals surface area contributed by atoms with Crippen LogP contribution >= 0.6 is 0 Å². The van der Waals surface area contributed by atoms with Gasteiger partial charge in [-0.25, -0.2) is 9.97 Å². The molecule has 5 nitrogen and oxygen atoms in total. The highest BCUT2D eigenvalue weighted by Crippen LogP contribution is 2.63. The molecule has 2 aromatic rings. The van der Waals surface area contributed by atoms with Crippen molar-refractivity contribution in [1.82, 2.24) is 15.0 Å². The Bertz CT molecular complexity index is 645. The minimum absolute atomic E-state index is 0.0514. The number of nitrogens with one attached hydrogen (secondary N) is 1. The summed E-state index contributed by atoms with van der Waals surface area (Å²) in [7, 11) is 0. The van der Waals surface area contributed by atoms with E-state index < -0.39 is 5.97 Å². The van der Waals surface area contributed by atoms with Gasteiger partial charge in [0.1, 0.15) is 5.82 Å². The zero-order chi connectivity index (χ0) is 13.1. The summed E-state index contributed by atoms with van der Waals surface area (Å²) in [6.45, 7) is 5.89. The van der Waals surface area contributed by atoms with Crippen LogP contribution in [0.5, 0.6) is 0 Å². The molecule has 0 aromatic carbocycles. The Balaban J connectivity index is 2.04. The lowest BCUT2D eigenvalue weighted by Gasteiger charge is -1.97. The number of aliphatic carboxylic acids is 1. The second kappa shape index (κ2) is 3.31. The molecule has 0 saturated heterocycles. The molecule has 3 rings (SSSR count). The first kappa shape index (κ1) is 11.2. The van der Waals surface area contributed by atoms with E-state index in [-0.39, 0.29) is 17.3 Å². The van der Waals surface area contributed by atoms with E-state index >= 15 is 0 Å². The number of H-pyrrole nitrogens is 1. The molecule has 18 heavy (non-hydrogen) atoms. The molecule has 0 spiro atoms. The van der Waals surface area contributed by atoms with Crippen LogP contribution in [0, 0.1) is 18.3 Å². The second-order valence-electron chi connectivity index (χ2n) is 5.62. The number of imidazole rings is 1. The lowest BCUT2D eigenvalue weighted by atomic mass is 10.1. The maximum Gasteiger partial charge on any atom is 0.307 e. The summed E-state index contributed by atoms with van der Waals surface area (Å²) in [5.74, 6) is -0.432. The van der Waals surface area contributed by atoms with Gasteiger partial charge in [-0.05, 0) is 24.0 Å². The van der Waals surface area contributed by atoms with Crippen LogP contribution in [0.4, 0.5) is 0 Å². The zero-order valence-electron chi connectivity index (χ0n) is 10.6. The Morgan fingerprint density at radius 1 is 1.50 bits per heavy atom. The van der Waals surface area contributed by atoms with Crippen molar-refractivity contribution < 1.29 is 9.90 Å². The molecule has 2 N–H and O–H groups in total. The van der Waals surface area contributed by atoms with Crippen molar-refractivity contribution in [3.63, 3.8) is 0 Å². The number of carbonyl (C=O) groups is 1. The number of pyridine rings is 1. The van der Waals surface area contributed by atoms with E-state index in [0.717, 1.165) is 16.9 Å². The number of nitrogens with zero attached hydrogens (tertiary/aromatic N) is 2. The predicted molar refractivity (Wildman–Crippen MR) is 66.3 cm³/mol. The summed E-state index contributed by atoms with van der Waals surface area (Å²) in [6, 6.07) is 1.98. The van der Waals surface area contributed by atoms with Gasteiger partial charge in [0.05, 0.1) is 11.4 Å². The molecule has 2 atom stereocenters. The molecule has 1 fully saturated rings. The third kappa shape index (κ3) is 1.43. The van der Waals surface area contributed by atoms with E-state index in [4.69, 9.17) is 0 Å². The number of aryl methyl sites for hydroxylation is 1. The normalized spacial score (nSPS) is 25.3. The Morgan fingerprint density at radius 2 is 2.22 bits per heavy atom. The minimum atomic E-state index is -0.755. The van der Waals surface area contributed by atoms with Gasteiger partial charge in [0.15, 0.2) is 5.65 Å². The van der Waals surface area contributed by atoms with Crippen molar-refractivity contribution in [1.29, 1.82) is 0 Å². The van der Waals surface area contributed by atoms with Gasteiger partial charge in [-0.1, -0.05) is 13.8 Å². The number of aromatic amines is 1. The molecule has 94 valence electrons. The van der Waals surface area contributed by atoms with Gasteiger partial charge in [-0.3, -0.25) is 4.79 Å². The lowest BCUT2D eigenvalue weighted by Crippen LogP contribution is -2.03. The van der Waals surface area contributed by atoms with Crippen LogP contribution < -0.4 is 0 Å². The maximum absolute atomic E-state index is 11.2. The SMILES string of the molecule is Cc1cnc2nc(C3C(C(=O)O)C3(C)C)[nH]c2c1. The summed E-state index contributed by atoms with van der Waals surface area (Å²) in [5, 5.41) is 9.18. The number of carboxylic acids is 1. The van der Waals surface area contributed by atoms with Crippen LogP contribution in [-0.4, -0.2) is 26.0 Å². The van der Waals surface area contributed by atoms with E-state index in [9.17, 15) is 9.90 Å². The minimum Gasteiger partial charge on any atom is -0.481 e. The lowest BCUT2D eigenvalue weighted by molar-refractivity contribution is -0.139. The molecule has 5 heteroatoms. The number of rotatable bonds is 2. The molecule has 2 unspecified atom stereocenters. The first-order valence-corrected chi connectivity index (χ1v) is 5.96. The van der Waals surface area contributed by atoms with E-state index in [1.165, 1.54) is 0 Å².